The number of anilines is 1. The summed E-state index contributed by atoms with van der Waals surface area (Å²) < 4.78 is 0. The largest absolute Gasteiger partial charge is 0.393 e. The van der Waals surface area contributed by atoms with Gasteiger partial charge in [-0.25, -0.2) is 0 Å². The molecule has 1 fully saturated rings. The molecular weight excluding hydrogens is 292 g/mol. The fraction of sp³-hybridized carbons (Fsp3) is 0.556. The van der Waals surface area contributed by atoms with Gasteiger partial charge in [0.1, 0.15) is 0 Å². The summed E-state index contributed by atoms with van der Waals surface area (Å²) in [6, 6.07) is 7.48. The van der Waals surface area contributed by atoms with Gasteiger partial charge in [-0.3, -0.25) is 9.59 Å². The maximum absolute atomic E-state index is 12.1. The first kappa shape index (κ1) is 17.5. The normalized spacial score (nSPS) is 21.0. The predicted octanol–water partition coefficient (Wildman–Crippen LogP) is 2.42. The predicted molar refractivity (Wildman–Crippen MR) is 90.1 cm³/mol. The molecule has 1 aliphatic carbocycles. The van der Waals surface area contributed by atoms with Crippen molar-refractivity contribution in [2.75, 3.05) is 11.9 Å². The Morgan fingerprint density at radius 1 is 1.17 bits per heavy atom. The van der Waals surface area contributed by atoms with Crippen LogP contribution in [0.1, 0.15) is 51.0 Å². The molecule has 0 aliphatic heterocycles. The minimum atomic E-state index is -0.664. The highest BCUT2D eigenvalue weighted by atomic mass is 16.3. The summed E-state index contributed by atoms with van der Waals surface area (Å²) in [6.07, 6.45) is 3.37. The number of nitrogens with one attached hydrogen (secondary N) is 2. The fourth-order valence-electron chi connectivity index (χ4n) is 3.02. The van der Waals surface area contributed by atoms with Crippen LogP contribution in [0.15, 0.2) is 24.3 Å². The second kappa shape index (κ2) is 8.11. The van der Waals surface area contributed by atoms with E-state index in [0.29, 0.717) is 12.2 Å². The number of hydrogen-bond donors (Lipinski definition) is 3. The number of benzene rings is 1. The molecule has 1 aromatic carbocycles. The van der Waals surface area contributed by atoms with E-state index >= 15 is 0 Å². The molecule has 5 heteroatoms. The number of carbonyl (C=O) groups is 2. The lowest BCUT2D eigenvalue weighted by Crippen LogP contribution is -2.41. The van der Waals surface area contributed by atoms with E-state index in [1.54, 1.807) is 6.07 Å². The molecule has 0 bridgehead atoms. The van der Waals surface area contributed by atoms with Crippen LogP contribution in [0.4, 0.5) is 5.69 Å². The van der Waals surface area contributed by atoms with Crippen LogP contribution in [0.3, 0.4) is 0 Å². The summed E-state index contributed by atoms with van der Waals surface area (Å²) in [5, 5.41) is 15.2. The average molecular weight is 318 g/mol. The lowest BCUT2D eigenvalue weighted by molar-refractivity contribution is -0.136. The Morgan fingerprint density at radius 2 is 1.87 bits per heavy atom. The molecule has 0 saturated heterocycles. The molecule has 2 atom stereocenters. The number of para-hydroxylation sites is 1. The van der Waals surface area contributed by atoms with Crippen molar-refractivity contribution < 1.29 is 14.7 Å². The Labute approximate surface area is 137 Å². The van der Waals surface area contributed by atoms with Crippen LogP contribution >= 0.6 is 0 Å². The maximum atomic E-state index is 12.1. The van der Waals surface area contributed by atoms with Crippen LogP contribution < -0.4 is 10.6 Å². The van der Waals surface area contributed by atoms with E-state index in [9.17, 15) is 14.7 Å². The number of aliphatic hydroxyl groups excluding tert-OH is 1. The molecule has 0 spiro atoms. The zero-order chi connectivity index (χ0) is 16.8. The van der Waals surface area contributed by atoms with Gasteiger partial charge in [0, 0.05) is 18.2 Å². The monoisotopic (exact) mass is 318 g/mol. The van der Waals surface area contributed by atoms with E-state index in [4.69, 9.17) is 0 Å². The van der Waals surface area contributed by atoms with Crippen LogP contribution in [-0.2, 0) is 9.59 Å². The minimum Gasteiger partial charge on any atom is -0.393 e. The van der Waals surface area contributed by atoms with Crippen molar-refractivity contribution in [3.8, 4) is 0 Å². The van der Waals surface area contributed by atoms with Crippen LogP contribution in [0.5, 0.6) is 0 Å². The first-order valence-corrected chi connectivity index (χ1v) is 8.35. The Balaban J connectivity index is 1.89. The molecule has 2 rings (SSSR count). The van der Waals surface area contributed by atoms with E-state index < -0.39 is 11.8 Å². The van der Waals surface area contributed by atoms with E-state index in [1.807, 2.05) is 32.0 Å². The maximum Gasteiger partial charge on any atom is 0.313 e. The molecule has 1 saturated carbocycles. The molecule has 1 aliphatic rings. The first-order chi connectivity index (χ1) is 11.0. The van der Waals surface area contributed by atoms with E-state index in [2.05, 4.69) is 10.6 Å². The third-order valence-electron chi connectivity index (χ3n) is 4.43. The van der Waals surface area contributed by atoms with Crippen molar-refractivity contribution in [2.45, 2.75) is 51.6 Å². The van der Waals surface area contributed by atoms with Crippen molar-refractivity contribution >= 4 is 17.5 Å². The molecule has 23 heavy (non-hydrogen) atoms. The first-order valence-electron chi connectivity index (χ1n) is 8.35. The SMILES string of the molecule is CC(C)c1ccccc1NC(=O)C(=O)NC[C@@H]1CCCC[C@@H]1O. The third kappa shape index (κ3) is 4.79. The van der Waals surface area contributed by atoms with Gasteiger partial charge in [0.25, 0.3) is 0 Å². The van der Waals surface area contributed by atoms with Crippen molar-refractivity contribution in [1.29, 1.82) is 0 Å². The summed E-state index contributed by atoms with van der Waals surface area (Å²) >= 11 is 0. The van der Waals surface area contributed by atoms with Gasteiger partial charge in [-0.1, -0.05) is 44.9 Å². The van der Waals surface area contributed by atoms with E-state index in [-0.39, 0.29) is 17.9 Å². The molecule has 0 heterocycles. The highest BCUT2D eigenvalue weighted by Crippen LogP contribution is 2.24. The lowest BCUT2D eigenvalue weighted by atomic mass is 9.86. The second-order valence-corrected chi connectivity index (χ2v) is 6.52. The average Bonchev–Trinajstić information content (AvgIpc) is 2.54. The standard InChI is InChI=1S/C18H26N2O3/c1-12(2)14-8-4-5-9-15(14)20-18(23)17(22)19-11-13-7-3-6-10-16(13)21/h4-5,8-9,12-13,16,21H,3,6-7,10-11H2,1-2H3,(H,19,22)(H,20,23)/t13-,16-/m0/s1. The molecule has 5 nitrogen and oxygen atoms in total. The molecular formula is C18H26N2O3. The fourth-order valence-corrected chi connectivity index (χ4v) is 3.02. The molecule has 1 aromatic rings. The number of amides is 2. The van der Waals surface area contributed by atoms with Gasteiger partial charge in [0.2, 0.25) is 0 Å². The Hall–Kier alpha value is -1.88. The Bertz CT molecular complexity index is 557. The van der Waals surface area contributed by atoms with Crippen molar-refractivity contribution in [2.24, 2.45) is 5.92 Å². The van der Waals surface area contributed by atoms with Gasteiger partial charge in [-0.15, -0.1) is 0 Å². The number of carbonyl (C=O) groups excluding carboxylic acids is 2. The number of aliphatic hydroxyl groups is 1. The van der Waals surface area contributed by atoms with Gasteiger partial charge in [-0.2, -0.15) is 0 Å². The van der Waals surface area contributed by atoms with Crippen molar-refractivity contribution in [3.63, 3.8) is 0 Å². The molecule has 0 aromatic heterocycles. The Morgan fingerprint density at radius 3 is 2.57 bits per heavy atom. The van der Waals surface area contributed by atoms with Crippen molar-refractivity contribution in [3.05, 3.63) is 29.8 Å². The summed E-state index contributed by atoms with van der Waals surface area (Å²) in [6.45, 7) is 4.42. The van der Waals surface area contributed by atoms with Crippen LogP contribution in [0.2, 0.25) is 0 Å². The summed E-state index contributed by atoms with van der Waals surface area (Å²) in [5.41, 5.74) is 1.66. The van der Waals surface area contributed by atoms with Crippen LogP contribution in [0.25, 0.3) is 0 Å². The van der Waals surface area contributed by atoms with Crippen LogP contribution in [-0.4, -0.2) is 29.6 Å². The molecule has 3 N–H and O–H groups in total. The van der Waals surface area contributed by atoms with Gasteiger partial charge >= 0.3 is 11.8 Å². The molecule has 126 valence electrons. The van der Waals surface area contributed by atoms with Crippen molar-refractivity contribution in [1.82, 2.24) is 5.32 Å². The highest BCUT2D eigenvalue weighted by Gasteiger charge is 2.24. The zero-order valence-corrected chi connectivity index (χ0v) is 13.8. The second-order valence-electron chi connectivity index (χ2n) is 6.52. The lowest BCUT2D eigenvalue weighted by Gasteiger charge is -2.27. The summed E-state index contributed by atoms with van der Waals surface area (Å²) in [4.78, 5) is 24.0. The summed E-state index contributed by atoms with van der Waals surface area (Å²) in [7, 11) is 0. The van der Waals surface area contributed by atoms with Gasteiger partial charge in [0.15, 0.2) is 0 Å². The highest BCUT2D eigenvalue weighted by molar-refractivity contribution is 6.39. The molecule has 0 unspecified atom stereocenters. The van der Waals surface area contributed by atoms with Crippen LogP contribution in [0, 0.1) is 5.92 Å². The topological polar surface area (TPSA) is 78.4 Å². The van der Waals surface area contributed by atoms with Gasteiger partial charge < -0.3 is 15.7 Å². The Kier molecular flexibility index (Phi) is 6.16. The number of hydrogen-bond acceptors (Lipinski definition) is 3. The zero-order valence-electron chi connectivity index (χ0n) is 13.8. The molecule has 2 amide bonds. The smallest absolute Gasteiger partial charge is 0.313 e. The molecule has 0 radical (unpaired) electrons. The third-order valence-corrected chi connectivity index (χ3v) is 4.43. The van der Waals surface area contributed by atoms with Gasteiger partial charge in [0.05, 0.1) is 6.10 Å². The quantitative estimate of drug-likeness (QED) is 0.746. The van der Waals surface area contributed by atoms with Gasteiger partial charge in [-0.05, 0) is 30.4 Å². The van der Waals surface area contributed by atoms with E-state index in [1.165, 1.54) is 0 Å². The summed E-state index contributed by atoms with van der Waals surface area (Å²) in [5.74, 6) is -1.01. The van der Waals surface area contributed by atoms with E-state index in [0.717, 1.165) is 31.2 Å². The minimum absolute atomic E-state index is 0.0449. The number of rotatable bonds is 4.